The van der Waals surface area contributed by atoms with E-state index in [0.29, 0.717) is 29.4 Å². The number of fused-ring (bicyclic) bond motifs is 1. The molecule has 4 rings (SSSR count). The minimum absolute atomic E-state index is 0.0136. The lowest BCUT2D eigenvalue weighted by atomic mass is 10.1. The van der Waals surface area contributed by atoms with Crippen LogP contribution in [0.15, 0.2) is 28.9 Å². The van der Waals surface area contributed by atoms with Gasteiger partial charge in [0, 0.05) is 30.9 Å². The Morgan fingerprint density at radius 2 is 2.23 bits per heavy atom. The fraction of sp³-hybridized carbons (Fsp3) is 0.474. The minimum Gasteiger partial charge on any atom is -0.495 e. The number of nitrogens with one attached hydrogen (secondary N) is 2. The maximum Gasteiger partial charge on any atom is 0.269 e. The molecule has 0 saturated carbocycles. The van der Waals surface area contributed by atoms with Gasteiger partial charge in [-0.25, -0.2) is 15.9 Å². The third-order valence-corrected chi connectivity index (χ3v) is 6.03. The number of ether oxygens (including phenoxy) is 1. The lowest BCUT2D eigenvalue weighted by Gasteiger charge is -2.39. The number of allylic oxidation sites excluding steroid dienone is 1. The van der Waals surface area contributed by atoms with Crippen LogP contribution < -0.4 is 32.1 Å². The first kappa shape index (κ1) is 20.7. The summed E-state index contributed by atoms with van der Waals surface area (Å²) in [6.45, 7) is 1.77. The quantitative estimate of drug-likeness (QED) is 0.312. The summed E-state index contributed by atoms with van der Waals surface area (Å²) in [6.07, 6.45) is 5.52. The zero-order valence-corrected chi connectivity index (χ0v) is 17.6. The van der Waals surface area contributed by atoms with E-state index < -0.39 is 6.29 Å². The number of nitrogens with zero attached hydrogens (tertiary/aromatic N) is 4. The monoisotopic (exact) mass is 434 g/mol. The van der Waals surface area contributed by atoms with Crippen LogP contribution in [0.4, 0.5) is 11.4 Å². The smallest absolute Gasteiger partial charge is 0.269 e. The highest BCUT2D eigenvalue weighted by molar-refractivity contribution is 6.35. The Balaban J connectivity index is 1.71. The molecule has 1 unspecified atom stereocenters. The van der Waals surface area contributed by atoms with Gasteiger partial charge in [0.2, 0.25) is 0 Å². The van der Waals surface area contributed by atoms with Crippen molar-refractivity contribution in [3.63, 3.8) is 0 Å². The molecule has 0 bridgehead atoms. The summed E-state index contributed by atoms with van der Waals surface area (Å²) in [5, 5.41) is 10.8. The molecule has 3 aliphatic rings. The van der Waals surface area contributed by atoms with Crippen molar-refractivity contribution in [2.24, 2.45) is 16.8 Å². The second kappa shape index (κ2) is 8.68. The van der Waals surface area contributed by atoms with E-state index in [1.165, 1.54) is 5.01 Å². The number of hydrogen-bond acceptors (Lipinski definition) is 9. The van der Waals surface area contributed by atoms with E-state index in [4.69, 9.17) is 28.0 Å². The maximum absolute atomic E-state index is 13.1. The van der Waals surface area contributed by atoms with E-state index in [1.807, 2.05) is 11.1 Å². The highest BCUT2D eigenvalue weighted by Gasteiger charge is 2.41. The number of carbonyl (C=O) groups is 1. The fourth-order valence-corrected chi connectivity index (χ4v) is 4.50. The van der Waals surface area contributed by atoms with Crippen molar-refractivity contribution in [1.29, 1.82) is 0 Å². The second-order valence-corrected chi connectivity index (χ2v) is 7.94. The molecule has 1 aromatic carbocycles. The van der Waals surface area contributed by atoms with Gasteiger partial charge in [-0.3, -0.25) is 10.6 Å². The van der Waals surface area contributed by atoms with Crippen LogP contribution in [-0.4, -0.2) is 61.2 Å². The molecule has 3 aliphatic heterocycles. The first-order chi connectivity index (χ1) is 14.5. The number of anilines is 2. The van der Waals surface area contributed by atoms with E-state index >= 15 is 0 Å². The predicted octanol–water partition coefficient (Wildman–Crippen LogP) is 0.810. The zero-order valence-electron chi connectivity index (χ0n) is 16.8. The van der Waals surface area contributed by atoms with Crippen molar-refractivity contribution >= 4 is 35.1 Å². The number of hydrogen-bond donors (Lipinski definition) is 4. The molecular weight excluding hydrogens is 408 g/mol. The van der Waals surface area contributed by atoms with Gasteiger partial charge < -0.3 is 20.4 Å². The highest BCUT2D eigenvalue weighted by atomic mass is 35.5. The summed E-state index contributed by atoms with van der Waals surface area (Å²) in [5.41, 5.74) is 4.87. The first-order valence-electron chi connectivity index (χ1n) is 9.95. The van der Waals surface area contributed by atoms with Crippen LogP contribution in [0.2, 0.25) is 5.02 Å². The number of nitrogens with two attached hydrogens (primary N) is 2. The van der Waals surface area contributed by atoms with Crippen molar-refractivity contribution in [3.05, 3.63) is 28.8 Å². The third kappa shape index (κ3) is 3.79. The SMILES string of the molecule is COc1ccc2c(c1Cl)N([C@@H]1CCCCN(N)C1)C(N(N)C(=O)C1=CC=NNC1)N2. The molecule has 0 spiro atoms. The number of rotatable bonds is 4. The van der Waals surface area contributed by atoms with Crippen LogP contribution in [-0.2, 0) is 4.79 Å². The Morgan fingerprint density at radius 3 is 2.97 bits per heavy atom. The molecule has 1 amide bonds. The van der Waals surface area contributed by atoms with Crippen molar-refractivity contribution in [2.45, 2.75) is 31.6 Å². The standard InChI is InChI=1S/C19H27ClN8O2/c1-30-15-6-5-14-17(16(15)20)27(13-4-2-3-9-26(21)11-13)19(25-14)28(22)18(29)12-7-8-23-24-10-12/h5-8,13,19,24-25H,2-4,9-11,21-22H2,1H3/t13-,19?/m1/s1. The van der Waals surface area contributed by atoms with Gasteiger partial charge in [0.1, 0.15) is 10.8 Å². The second-order valence-electron chi connectivity index (χ2n) is 7.57. The van der Waals surface area contributed by atoms with Gasteiger partial charge in [0.05, 0.1) is 25.0 Å². The van der Waals surface area contributed by atoms with Crippen LogP contribution in [0.5, 0.6) is 5.75 Å². The van der Waals surface area contributed by atoms with Gasteiger partial charge in [-0.15, -0.1) is 0 Å². The van der Waals surface area contributed by atoms with Gasteiger partial charge in [-0.05, 0) is 31.1 Å². The third-order valence-electron chi connectivity index (χ3n) is 5.66. The Morgan fingerprint density at radius 1 is 1.40 bits per heavy atom. The van der Waals surface area contributed by atoms with E-state index in [1.54, 1.807) is 25.5 Å². The lowest BCUT2D eigenvalue weighted by Crippen LogP contribution is -2.61. The Labute approximate surface area is 180 Å². The number of amides is 1. The summed E-state index contributed by atoms with van der Waals surface area (Å²) in [5.74, 6) is 12.8. The topological polar surface area (TPSA) is 124 Å². The molecule has 10 nitrogen and oxygen atoms in total. The van der Waals surface area contributed by atoms with Crippen LogP contribution in [0.25, 0.3) is 0 Å². The van der Waals surface area contributed by atoms with Crippen LogP contribution in [0.3, 0.4) is 0 Å². The molecule has 1 saturated heterocycles. The minimum atomic E-state index is -0.617. The molecule has 0 aromatic heterocycles. The van der Waals surface area contributed by atoms with Crippen molar-refractivity contribution < 1.29 is 9.53 Å². The van der Waals surface area contributed by atoms with E-state index in [0.717, 1.165) is 37.2 Å². The number of halogens is 1. The summed E-state index contributed by atoms with van der Waals surface area (Å²) in [6, 6.07) is 3.69. The summed E-state index contributed by atoms with van der Waals surface area (Å²) in [7, 11) is 1.58. The summed E-state index contributed by atoms with van der Waals surface area (Å²) < 4.78 is 5.42. The van der Waals surface area contributed by atoms with Gasteiger partial charge in [-0.1, -0.05) is 18.0 Å². The molecule has 0 radical (unpaired) electrons. The van der Waals surface area contributed by atoms with Gasteiger partial charge in [0.25, 0.3) is 5.91 Å². The van der Waals surface area contributed by atoms with E-state index in [9.17, 15) is 4.79 Å². The number of methoxy groups -OCH3 is 1. The summed E-state index contributed by atoms with van der Waals surface area (Å²) >= 11 is 6.71. The van der Waals surface area contributed by atoms with E-state index in [2.05, 4.69) is 20.7 Å². The predicted molar refractivity (Wildman–Crippen MR) is 117 cm³/mol. The molecule has 30 heavy (non-hydrogen) atoms. The molecule has 0 aliphatic carbocycles. The fourth-order valence-electron chi connectivity index (χ4n) is 4.16. The molecule has 2 atom stereocenters. The summed E-state index contributed by atoms with van der Waals surface area (Å²) in [4.78, 5) is 15.1. The molecule has 3 heterocycles. The van der Waals surface area contributed by atoms with Gasteiger partial charge in [0.15, 0.2) is 6.29 Å². The molecule has 11 heteroatoms. The van der Waals surface area contributed by atoms with Crippen LogP contribution in [0, 0.1) is 0 Å². The van der Waals surface area contributed by atoms with Crippen molar-refractivity contribution in [2.75, 3.05) is 37.0 Å². The van der Waals surface area contributed by atoms with Crippen LogP contribution >= 0.6 is 11.6 Å². The molecule has 1 fully saturated rings. The number of hydrazine groups is 2. The molecule has 162 valence electrons. The zero-order chi connectivity index (χ0) is 21.3. The molecule has 1 aromatic rings. The Kier molecular flexibility index (Phi) is 6.00. The molecule has 6 N–H and O–H groups in total. The molecular formula is C19H27ClN8O2. The van der Waals surface area contributed by atoms with Gasteiger partial charge >= 0.3 is 0 Å². The maximum atomic E-state index is 13.1. The van der Waals surface area contributed by atoms with E-state index in [-0.39, 0.29) is 11.9 Å². The van der Waals surface area contributed by atoms with Crippen molar-refractivity contribution in [3.8, 4) is 5.75 Å². The van der Waals surface area contributed by atoms with Crippen molar-refractivity contribution in [1.82, 2.24) is 15.4 Å². The Hall–Kier alpha value is -2.53. The average molecular weight is 435 g/mol. The first-order valence-corrected chi connectivity index (χ1v) is 10.3. The van der Waals surface area contributed by atoms with Gasteiger partial charge in [-0.2, -0.15) is 5.10 Å². The number of carbonyl (C=O) groups excluding carboxylic acids is 1. The number of hydrazone groups is 1. The largest absolute Gasteiger partial charge is 0.495 e. The Bertz CT molecular complexity index is 876. The number of benzene rings is 1. The highest BCUT2D eigenvalue weighted by Crippen LogP contribution is 2.47. The average Bonchev–Trinajstić information content (AvgIpc) is 3.03. The van der Waals surface area contributed by atoms with Crippen LogP contribution in [0.1, 0.15) is 19.3 Å². The lowest BCUT2D eigenvalue weighted by molar-refractivity contribution is -0.129. The normalized spacial score (nSPS) is 23.7.